The molecule has 4 nitrogen and oxygen atoms in total. The molecule has 0 fully saturated rings. The van der Waals surface area contributed by atoms with Crippen molar-refractivity contribution in [3.63, 3.8) is 0 Å². The molecule has 0 saturated heterocycles. The van der Waals surface area contributed by atoms with Crippen LogP contribution in [-0.4, -0.2) is 16.0 Å². The molecule has 2 rings (SSSR count). The van der Waals surface area contributed by atoms with Gasteiger partial charge in [0.2, 0.25) is 0 Å². The summed E-state index contributed by atoms with van der Waals surface area (Å²) in [5.74, 6) is -0.471. The molecule has 0 aliphatic carbocycles. The summed E-state index contributed by atoms with van der Waals surface area (Å²) in [6, 6.07) is 8.78. The molecule has 0 aliphatic rings. The molecule has 82 valence electrons. The van der Waals surface area contributed by atoms with Crippen LogP contribution in [0, 0.1) is 0 Å². The van der Waals surface area contributed by atoms with Crippen molar-refractivity contribution in [2.24, 2.45) is 0 Å². The fraction of sp³-hybridized carbons (Fsp3) is 0.0909. The second-order valence-electron chi connectivity index (χ2n) is 3.14. The Kier molecular flexibility index (Phi) is 3.28. The molecule has 0 bridgehead atoms. The van der Waals surface area contributed by atoms with E-state index in [9.17, 15) is 9.90 Å². The average Bonchev–Trinajstić information content (AvgIpc) is 2.82. The van der Waals surface area contributed by atoms with Crippen LogP contribution in [0.5, 0.6) is 0 Å². The van der Waals surface area contributed by atoms with Crippen molar-refractivity contribution in [1.82, 2.24) is 4.98 Å². The molecule has 2 aromatic rings. The second kappa shape index (κ2) is 4.87. The monoisotopic (exact) mass is 234 g/mol. The van der Waals surface area contributed by atoms with Gasteiger partial charge in [-0.3, -0.25) is 10.1 Å². The highest BCUT2D eigenvalue weighted by Gasteiger charge is 2.17. The zero-order valence-electron chi connectivity index (χ0n) is 8.33. The van der Waals surface area contributed by atoms with E-state index in [0.717, 1.165) is 0 Å². The van der Waals surface area contributed by atoms with Gasteiger partial charge in [-0.2, -0.15) is 0 Å². The van der Waals surface area contributed by atoms with Crippen LogP contribution in [0.3, 0.4) is 0 Å². The van der Waals surface area contributed by atoms with Crippen molar-refractivity contribution >= 4 is 22.4 Å². The zero-order valence-corrected chi connectivity index (χ0v) is 9.15. The van der Waals surface area contributed by atoms with Crippen LogP contribution in [0.1, 0.15) is 11.7 Å². The highest BCUT2D eigenvalue weighted by atomic mass is 32.1. The molecular weight excluding hydrogens is 224 g/mol. The first-order chi connectivity index (χ1) is 7.77. The minimum atomic E-state index is -1.16. The Labute approximate surface area is 96.6 Å². The molecule has 0 aliphatic heterocycles. The molecular formula is C11H10N2O2S. The number of rotatable bonds is 3. The minimum absolute atomic E-state index is 0.471. The van der Waals surface area contributed by atoms with Crippen molar-refractivity contribution in [1.29, 1.82) is 0 Å². The summed E-state index contributed by atoms with van der Waals surface area (Å²) in [6.07, 6.45) is 0.430. The number of carbonyl (C=O) groups is 1. The van der Waals surface area contributed by atoms with Gasteiger partial charge in [-0.25, -0.2) is 4.98 Å². The first kappa shape index (κ1) is 10.8. The fourth-order valence-corrected chi connectivity index (χ4v) is 1.78. The lowest BCUT2D eigenvalue weighted by Gasteiger charge is -2.09. The summed E-state index contributed by atoms with van der Waals surface area (Å²) in [6.45, 7) is 0. The van der Waals surface area contributed by atoms with E-state index < -0.39 is 12.0 Å². The Hall–Kier alpha value is -1.72. The maximum absolute atomic E-state index is 11.6. The number of thiazole rings is 1. The molecule has 2 N–H and O–H groups in total. The molecule has 0 spiro atoms. The number of nitrogens with one attached hydrogen (secondary N) is 1. The van der Waals surface area contributed by atoms with E-state index in [1.807, 2.05) is 6.07 Å². The van der Waals surface area contributed by atoms with Crippen LogP contribution in [-0.2, 0) is 4.79 Å². The third-order valence-corrected chi connectivity index (χ3v) is 2.71. The van der Waals surface area contributed by atoms with Crippen molar-refractivity contribution in [3.8, 4) is 0 Å². The lowest BCUT2D eigenvalue weighted by molar-refractivity contribution is -0.124. The van der Waals surface area contributed by atoms with E-state index >= 15 is 0 Å². The number of benzene rings is 1. The number of anilines is 1. The molecule has 16 heavy (non-hydrogen) atoms. The third-order valence-electron chi connectivity index (χ3n) is 2.03. The van der Waals surface area contributed by atoms with Gasteiger partial charge in [0.1, 0.15) is 0 Å². The van der Waals surface area contributed by atoms with Crippen LogP contribution in [0.4, 0.5) is 5.13 Å². The number of aliphatic hydroxyl groups is 1. The molecule has 0 radical (unpaired) electrons. The maximum atomic E-state index is 11.6. The number of aliphatic hydroxyl groups excluding tert-OH is 1. The van der Waals surface area contributed by atoms with Crippen LogP contribution in [0.25, 0.3) is 0 Å². The van der Waals surface area contributed by atoms with E-state index in [2.05, 4.69) is 10.3 Å². The lowest BCUT2D eigenvalue weighted by atomic mass is 10.1. The van der Waals surface area contributed by atoms with E-state index in [4.69, 9.17) is 0 Å². The van der Waals surface area contributed by atoms with Crippen LogP contribution in [0.2, 0.25) is 0 Å². The predicted octanol–water partition coefficient (Wildman–Crippen LogP) is 1.82. The maximum Gasteiger partial charge on any atom is 0.259 e. The van der Waals surface area contributed by atoms with Crippen LogP contribution >= 0.6 is 11.3 Å². The Morgan fingerprint density at radius 1 is 1.38 bits per heavy atom. The van der Waals surface area contributed by atoms with E-state index in [1.165, 1.54) is 11.3 Å². The predicted molar refractivity (Wildman–Crippen MR) is 62.1 cm³/mol. The summed E-state index contributed by atoms with van der Waals surface area (Å²) in [4.78, 5) is 15.5. The molecule has 1 heterocycles. The average molecular weight is 234 g/mol. The molecule has 1 atom stereocenters. The topological polar surface area (TPSA) is 62.2 Å². The fourth-order valence-electron chi connectivity index (χ4n) is 1.25. The van der Waals surface area contributed by atoms with Gasteiger partial charge < -0.3 is 5.11 Å². The number of hydrogen-bond acceptors (Lipinski definition) is 4. The Morgan fingerprint density at radius 2 is 2.12 bits per heavy atom. The largest absolute Gasteiger partial charge is 0.378 e. The first-order valence-corrected chi connectivity index (χ1v) is 5.58. The number of amides is 1. The van der Waals surface area contributed by atoms with Crippen molar-refractivity contribution < 1.29 is 9.90 Å². The van der Waals surface area contributed by atoms with Gasteiger partial charge in [0.25, 0.3) is 5.91 Å². The molecule has 1 aromatic heterocycles. The van der Waals surface area contributed by atoms with Gasteiger partial charge in [0, 0.05) is 11.6 Å². The SMILES string of the molecule is O=C(Nc1nccs1)C(O)c1ccccc1. The van der Waals surface area contributed by atoms with E-state index in [1.54, 1.807) is 35.8 Å². The van der Waals surface area contributed by atoms with Gasteiger partial charge >= 0.3 is 0 Å². The highest BCUT2D eigenvalue weighted by Crippen LogP contribution is 2.16. The van der Waals surface area contributed by atoms with Gasteiger partial charge in [0.05, 0.1) is 0 Å². The highest BCUT2D eigenvalue weighted by molar-refractivity contribution is 7.13. The van der Waals surface area contributed by atoms with E-state index in [-0.39, 0.29) is 0 Å². The van der Waals surface area contributed by atoms with Crippen LogP contribution < -0.4 is 5.32 Å². The normalized spacial score (nSPS) is 12.1. The van der Waals surface area contributed by atoms with E-state index in [0.29, 0.717) is 10.7 Å². The number of hydrogen-bond donors (Lipinski definition) is 2. The van der Waals surface area contributed by atoms with Gasteiger partial charge in [-0.05, 0) is 5.56 Å². The summed E-state index contributed by atoms with van der Waals surface area (Å²) in [7, 11) is 0. The van der Waals surface area contributed by atoms with Crippen molar-refractivity contribution in [3.05, 3.63) is 47.5 Å². The van der Waals surface area contributed by atoms with Gasteiger partial charge in [-0.1, -0.05) is 30.3 Å². The first-order valence-electron chi connectivity index (χ1n) is 4.71. The molecule has 0 saturated carbocycles. The zero-order chi connectivity index (χ0) is 11.4. The second-order valence-corrected chi connectivity index (χ2v) is 4.03. The van der Waals surface area contributed by atoms with Gasteiger partial charge in [0.15, 0.2) is 11.2 Å². The number of aromatic nitrogens is 1. The molecule has 1 aromatic carbocycles. The number of nitrogens with zero attached hydrogens (tertiary/aromatic N) is 1. The minimum Gasteiger partial charge on any atom is -0.378 e. The molecule has 1 unspecified atom stereocenters. The Morgan fingerprint density at radius 3 is 2.75 bits per heavy atom. The van der Waals surface area contributed by atoms with Gasteiger partial charge in [-0.15, -0.1) is 11.3 Å². The standard InChI is InChI=1S/C11H10N2O2S/c14-9(8-4-2-1-3-5-8)10(15)13-11-12-6-7-16-11/h1-7,9,14H,(H,12,13,15). The third kappa shape index (κ3) is 2.44. The molecule has 5 heteroatoms. The van der Waals surface area contributed by atoms with Crippen molar-refractivity contribution in [2.75, 3.05) is 5.32 Å². The van der Waals surface area contributed by atoms with Crippen molar-refractivity contribution in [2.45, 2.75) is 6.10 Å². The lowest BCUT2D eigenvalue weighted by Crippen LogP contribution is -2.20. The summed E-state index contributed by atoms with van der Waals surface area (Å²) in [5.41, 5.74) is 0.566. The summed E-state index contributed by atoms with van der Waals surface area (Å²) in [5, 5.41) is 14.5. The summed E-state index contributed by atoms with van der Waals surface area (Å²) >= 11 is 1.31. The quantitative estimate of drug-likeness (QED) is 0.851. The Bertz CT molecular complexity index is 456. The number of carbonyl (C=O) groups excluding carboxylic acids is 1. The summed E-state index contributed by atoms with van der Waals surface area (Å²) < 4.78 is 0. The Balaban J connectivity index is 2.05. The van der Waals surface area contributed by atoms with Crippen LogP contribution in [0.15, 0.2) is 41.9 Å². The molecule has 1 amide bonds. The smallest absolute Gasteiger partial charge is 0.259 e.